The number of nitrogens with one attached hydrogen (secondary N) is 1. The van der Waals surface area contributed by atoms with Gasteiger partial charge in [-0.2, -0.15) is 0 Å². The van der Waals surface area contributed by atoms with Crippen LogP contribution in [0.3, 0.4) is 0 Å². The molecule has 0 bridgehead atoms. The second kappa shape index (κ2) is 9.16. The van der Waals surface area contributed by atoms with E-state index >= 15 is 0 Å². The Morgan fingerprint density at radius 2 is 1.83 bits per heavy atom. The lowest BCUT2D eigenvalue weighted by atomic mass is 9.95. The maximum atomic E-state index is 11.8. The van der Waals surface area contributed by atoms with Crippen molar-refractivity contribution >= 4 is 24.3 Å². The lowest BCUT2D eigenvalue weighted by Gasteiger charge is -2.22. The van der Waals surface area contributed by atoms with Crippen LogP contribution in [0.4, 0.5) is 0 Å². The van der Waals surface area contributed by atoms with Crippen molar-refractivity contribution in [3.63, 3.8) is 0 Å². The van der Waals surface area contributed by atoms with Crippen molar-refractivity contribution < 1.29 is 14.3 Å². The minimum absolute atomic E-state index is 0. The van der Waals surface area contributed by atoms with Gasteiger partial charge in [-0.05, 0) is 25.8 Å². The largest absolute Gasteiger partial charge is 0.467 e. The smallest absolute Gasteiger partial charge is 0.328 e. The van der Waals surface area contributed by atoms with Gasteiger partial charge in [-0.3, -0.25) is 4.79 Å². The average Bonchev–Trinajstić information content (AvgIpc) is 2.25. The standard InChI is InChI=1S/C12H24N2O3.ClH/c1-12(2,3)11(16)14-9(10(15)17-4)7-5-6-8-13;/h9H,5-8,13H2,1-4H3,(H,14,16);1H. The lowest BCUT2D eigenvalue weighted by molar-refractivity contribution is -0.146. The molecule has 0 rings (SSSR count). The molecule has 0 radical (unpaired) electrons. The van der Waals surface area contributed by atoms with Crippen LogP contribution in [0.25, 0.3) is 0 Å². The molecule has 3 N–H and O–H groups in total. The predicted molar refractivity (Wildman–Crippen MR) is 73.6 cm³/mol. The molecule has 5 nitrogen and oxygen atoms in total. The molecule has 0 aromatic rings. The van der Waals surface area contributed by atoms with E-state index in [-0.39, 0.29) is 18.3 Å². The number of hydrogen-bond donors (Lipinski definition) is 2. The van der Waals surface area contributed by atoms with Crippen molar-refractivity contribution in [2.45, 2.75) is 46.1 Å². The highest BCUT2D eigenvalue weighted by Crippen LogP contribution is 2.14. The Hall–Kier alpha value is -0.810. The Morgan fingerprint density at radius 1 is 1.28 bits per heavy atom. The number of esters is 1. The second-order valence-corrected chi connectivity index (χ2v) is 5.08. The Balaban J connectivity index is 0. The van der Waals surface area contributed by atoms with E-state index in [0.717, 1.165) is 12.8 Å². The first kappa shape index (κ1) is 19.5. The van der Waals surface area contributed by atoms with Gasteiger partial charge in [0.15, 0.2) is 0 Å². The molecule has 108 valence electrons. The van der Waals surface area contributed by atoms with Crippen molar-refractivity contribution in [1.29, 1.82) is 0 Å². The van der Waals surface area contributed by atoms with Crippen LogP contribution in [0.15, 0.2) is 0 Å². The third-order valence-corrected chi connectivity index (χ3v) is 2.42. The minimum atomic E-state index is -0.571. The van der Waals surface area contributed by atoms with Crippen LogP contribution in [0.1, 0.15) is 40.0 Å². The molecule has 0 saturated carbocycles. The molecule has 0 fully saturated rings. The van der Waals surface area contributed by atoms with Gasteiger partial charge in [0.2, 0.25) is 5.91 Å². The summed E-state index contributed by atoms with van der Waals surface area (Å²) in [5, 5.41) is 2.71. The first-order valence-corrected chi connectivity index (χ1v) is 5.91. The Morgan fingerprint density at radius 3 is 2.22 bits per heavy atom. The number of hydrogen-bond acceptors (Lipinski definition) is 4. The predicted octanol–water partition coefficient (Wildman–Crippen LogP) is 1.24. The van der Waals surface area contributed by atoms with Crippen molar-refractivity contribution in [3.8, 4) is 0 Å². The van der Waals surface area contributed by atoms with E-state index in [4.69, 9.17) is 5.73 Å². The van der Waals surface area contributed by atoms with Crippen LogP contribution in [-0.2, 0) is 14.3 Å². The number of rotatable bonds is 6. The van der Waals surface area contributed by atoms with E-state index in [1.165, 1.54) is 7.11 Å². The van der Waals surface area contributed by atoms with E-state index in [0.29, 0.717) is 13.0 Å². The fourth-order valence-electron chi connectivity index (χ4n) is 1.26. The van der Waals surface area contributed by atoms with Gasteiger partial charge in [0.05, 0.1) is 7.11 Å². The maximum absolute atomic E-state index is 11.8. The van der Waals surface area contributed by atoms with Crippen molar-refractivity contribution in [1.82, 2.24) is 5.32 Å². The van der Waals surface area contributed by atoms with E-state index in [9.17, 15) is 9.59 Å². The molecule has 0 aliphatic rings. The van der Waals surface area contributed by atoms with E-state index < -0.39 is 17.4 Å². The molecule has 1 unspecified atom stereocenters. The molecular weight excluding hydrogens is 256 g/mol. The highest BCUT2D eigenvalue weighted by Gasteiger charge is 2.27. The number of carbonyl (C=O) groups excluding carboxylic acids is 2. The molecule has 0 spiro atoms. The summed E-state index contributed by atoms with van der Waals surface area (Å²) in [6.45, 7) is 5.99. The van der Waals surface area contributed by atoms with E-state index in [1.807, 2.05) is 0 Å². The summed E-state index contributed by atoms with van der Waals surface area (Å²) in [7, 11) is 1.32. The van der Waals surface area contributed by atoms with Gasteiger partial charge in [-0.25, -0.2) is 4.79 Å². The molecular formula is C12H25ClN2O3. The zero-order valence-electron chi connectivity index (χ0n) is 11.6. The van der Waals surface area contributed by atoms with E-state index in [1.54, 1.807) is 20.8 Å². The molecule has 1 amide bonds. The van der Waals surface area contributed by atoms with Crippen LogP contribution in [-0.4, -0.2) is 31.6 Å². The number of nitrogens with two attached hydrogens (primary N) is 1. The summed E-state index contributed by atoms with van der Waals surface area (Å²) in [6, 6.07) is -0.571. The first-order valence-electron chi connectivity index (χ1n) is 5.91. The molecule has 0 aliphatic carbocycles. The monoisotopic (exact) mass is 280 g/mol. The maximum Gasteiger partial charge on any atom is 0.328 e. The van der Waals surface area contributed by atoms with Crippen LogP contribution in [0, 0.1) is 5.41 Å². The quantitative estimate of drug-likeness (QED) is 0.567. The zero-order valence-corrected chi connectivity index (χ0v) is 12.4. The third kappa shape index (κ3) is 7.50. The normalized spacial score (nSPS) is 12.3. The Kier molecular flexibility index (Phi) is 9.94. The number of carbonyl (C=O) groups is 2. The summed E-state index contributed by atoms with van der Waals surface area (Å²) >= 11 is 0. The average molecular weight is 281 g/mol. The van der Waals surface area contributed by atoms with Crippen LogP contribution >= 0.6 is 12.4 Å². The molecule has 0 saturated heterocycles. The van der Waals surface area contributed by atoms with Crippen molar-refractivity contribution in [2.75, 3.05) is 13.7 Å². The SMILES string of the molecule is COC(=O)C(CCCCN)NC(=O)C(C)(C)C.Cl. The topological polar surface area (TPSA) is 81.4 Å². The van der Waals surface area contributed by atoms with Crippen LogP contribution in [0.5, 0.6) is 0 Å². The molecule has 1 atom stereocenters. The van der Waals surface area contributed by atoms with Crippen molar-refractivity contribution in [2.24, 2.45) is 11.1 Å². The molecule has 0 heterocycles. The summed E-state index contributed by atoms with van der Waals surface area (Å²) in [6.07, 6.45) is 2.19. The highest BCUT2D eigenvalue weighted by atomic mass is 35.5. The Labute approximate surface area is 115 Å². The molecule has 6 heteroatoms. The summed E-state index contributed by atoms with van der Waals surface area (Å²) in [4.78, 5) is 23.3. The summed E-state index contributed by atoms with van der Waals surface area (Å²) < 4.78 is 4.67. The van der Waals surface area contributed by atoms with Gasteiger partial charge >= 0.3 is 5.97 Å². The van der Waals surface area contributed by atoms with E-state index in [2.05, 4.69) is 10.1 Å². The lowest BCUT2D eigenvalue weighted by Crippen LogP contribution is -2.46. The molecule has 0 aliphatic heterocycles. The van der Waals surface area contributed by atoms with Gasteiger partial charge in [0, 0.05) is 5.41 Å². The molecule has 18 heavy (non-hydrogen) atoms. The summed E-state index contributed by atoms with van der Waals surface area (Å²) in [5.74, 6) is -0.555. The number of methoxy groups -OCH3 is 1. The number of halogens is 1. The minimum Gasteiger partial charge on any atom is -0.467 e. The van der Waals surface area contributed by atoms with Gasteiger partial charge in [-0.1, -0.05) is 20.8 Å². The van der Waals surface area contributed by atoms with Crippen LogP contribution < -0.4 is 11.1 Å². The fourth-order valence-corrected chi connectivity index (χ4v) is 1.26. The van der Waals surface area contributed by atoms with Crippen LogP contribution in [0.2, 0.25) is 0 Å². The summed E-state index contributed by atoms with van der Waals surface area (Å²) in [5.41, 5.74) is 4.88. The molecule has 0 aromatic heterocycles. The number of amides is 1. The van der Waals surface area contributed by atoms with Gasteiger partial charge in [-0.15, -0.1) is 12.4 Å². The number of ether oxygens (including phenoxy) is 1. The highest BCUT2D eigenvalue weighted by molar-refractivity contribution is 5.87. The zero-order chi connectivity index (χ0) is 13.5. The van der Waals surface area contributed by atoms with Gasteiger partial charge in [0.25, 0.3) is 0 Å². The second-order valence-electron chi connectivity index (χ2n) is 5.08. The fraction of sp³-hybridized carbons (Fsp3) is 0.833. The first-order chi connectivity index (χ1) is 7.82. The third-order valence-electron chi connectivity index (χ3n) is 2.42. The molecule has 0 aromatic carbocycles. The van der Waals surface area contributed by atoms with Gasteiger partial charge in [0.1, 0.15) is 6.04 Å². The number of unbranched alkanes of at least 4 members (excludes halogenated alkanes) is 1. The Bertz CT molecular complexity index is 265. The van der Waals surface area contributed by atoms with Gasteiger partial charge < -0.3 is 15.8 Å². The van der Waals surface area contributed by atoms with Crippen molar-refractivity contribution in [3.05, 3.63) is 0 Å².